The van der Waals surface area contributed by atoms with Crippen LogP contribution in [0.2, 0.25) is 10.0 Å². The van der Waals surface area contributed by atoms with Crippen molar-refractivity contribution < 1.29 is 0 Å². The van der Waals surface area contributed by atoms with Crippen molar-refractivity contribution in [1.82, 2.24) is 0 Å². The van der Waals surface area contributed by atoms with Gasteiger partial charge in [0.2, 0.25) is 0 Å². The van der Waals surface area contributed by atoms with E-state index in [2.05, 4.69) is 24.3 Å². The van der Waals surface area contributed by atoms with Crippen LogP contribution in [-0.2, 0) is 6.42 Å². The van der Waals surface area contributed by atoms with Gasteiger partial charge in [-0.2, -0.15) is 0 Å². The first-order valence-corrected chi connectivity index (χ1v) is 7.66. The predicted molar refractivity (Wildman–Crippen MR) is 85.4 cm³/mol. The number of benzene rings is 2. The molecule has 0 amide bonds. The van der Waals surface area contributed by atoms with Crippen LogP contribution in [0, 0.1) is 5.92 Å². The molecule has 3 heteroatoms. The fourth-order valence-corrected chi connectivity index (χ4v) is 3.28. The zero-order valence-electron chi connectivity index (χ0n) is 11.1. The van der Waals surface area contributed by atoms with Crippen LogP contribution in [0.1, 0.15) is 23.5 Å². The van der Waals surface area contributed by atoms with Crippen molar-refractivity contribution in [3.05, 3.63) is 69.7 Å². The second-order valence-corrected chi connectivity index (χ2v) is 6.28. The van der Waals surface area contributed by atoms with Gasteiger partial charge in [-0.15, -0.1) is 0 Å². The van der Waals surface area contributed by atoms with Crippen molar-refractivity contribution in [2.75, 3.05) is 0 Å². The SMILES string of the molecule is NC(Cc1cccc(Cl)c1Cl)C1CC1c1ccccc1. The molecule has 1 nitrogen and oxygen atoms in total. The van der Waals surface area contributed by atoms with Gasteiger partial charge in [-0.3, -0.25) is 0 Å². The molecule has 0 radical (unpaired) electrons. The van der Waals surface area contributed by atoms with Crippen LogP contribution >= 0.6 is 23.2 Å². The fourth-order valence-electron chi connectivity index (χ4n) is 2.88. The molecular formula is C17H17Cl2N. The molecule has 3 rings (SSSR count). The molecular weight excluding hydrogens is 289 g/mol. The third-order valence-electron chi connectivity index (χ3n) is 4.10. The summed E-state index contributed by atoms with van der Waals surface area (Å²) < 4.78 is 0. The molecule has 0 spiro atoms. The van der Waals surface area contributed by atoms with E-state index in [0.29, 0.717) is 21.9 Å². The normalized spacial score (nSPS) is 22.6. The van der Waals surface area contributed by atoms with Crippen LogP contribution in [-0.4, -0.2) is 6.04 Å². The lowest BCUT2D eigenvalue weighted by Crippen LogP contribution is -2.26. The minimum Gasteiger partial charge on any atom is -0.327 e. The highest BCUT2D eigenvalue weighted by atomic mass is 35.5. The summed E-state index contributed by atoms with van der Waals surface area (Å²) >= 11 is 12.3. The van der Waals surface area contributed by atoms with E-state index in [1.54, 1.807) is 0 Å². The van der Waals surface area contributed by atoms with E-state index in [-0.39, 0.29) is 6.04 Å². The minimum absolute atomic E-state index is 0.135. The van der Waals surface area contributed by atoms with Crippen LogP contribution in [0.5, 0.6) is 0 Å². The number of hydrogen-bond acceptors (Lipinski definition) is 1. The highest BCUT2D eigenvalue weighted by molar-refractivity contribution is 6.42. The molecule has 2 aromatic rings. The zero-order valence-corrected chi connectivity index (χ0v) is 12.6. The summed E-state index contributed by atoms with van der Waals surface area (Å²) in [5.41, 5.74) is 8.80. The molecule has 104 valence electrons. The maximum absolute atomic E-state index is 6.36. The van der Waals surface area contributed by atoms with E-state index in [1.165, 1.54) is 12.0 Å². The average Bonchev–Trinajstić information content (AvgIpc) is 3.25. The minimum atomic E-state index is 0.135. The van der Waals surface area contributed by atoms with Crippen molar-refractivity contribution in [3.8, 4) is 0 Å². The maximum atomic E-state index is 6.36. The van der Waals surface area contributed by atoms with Gasteiger partial charge in [0, 0.05) is 6.04 Å². The van der Waals surface area contributed by atoms with E-state index < -0.39 is 0 Å². The number of nitrogens with two attached hydrogens (primary N) is 1. The van der Waals surface area contributed by atoms with Gasteiger partial charge in [-0.1, -0.05) is 65.7 Å². The Hall–Kier alpha value is -1.02. The van der Waals surface area contributed by atoms with E-state index in [9.17, 15) is 0 Å². The van der Waals surface area contributed by atoms with Gasteiger partial charge >= 0.3 is 0 Å². The molecule has 0 aromatic heterocycles. The Morgan fingerprint density at radius 3 is 2.55 bits per heavy atom. The second kappa shape index (κ2) is 5.77. The van der Waals surface area contributed by atoms with Crippen molar-refractivity contribution in [1.29, 1.82) is 0 Å². The standard InChI is InChI=1S/C17H17Cl2N/c18-15-8-4-7-12(17(15)19)9-16(20)14-10-13(14)11-5-2-1-3-6-11/h1-8,13-14,16H,9-10,20H2. The molecule has 2 N–H and O–H groups in total. The monoisotopic (exact) mass is 305 g/mol. The summed E-state index contributed by atoms with van der Waals surface area (Å²) in [5, 5.41) is 1.24. The lowest BCUT2D eigenvalue weighted by molar-refractivity contribution is 0.578. The summed E-state index contributed by atoms with van der Waals surface area (Å²) in [6, 6.07) is 16.5. The lowest BCUT2D eigenvalue weighted by Gasteiger charge is -2.13. The molecule has 3 atom stereocenters. The van der Waals surface area contributed by atoms with E-state index in [1.807, 2.05) is 24.3 Å². The van der Waals surface area contributed by atoms with Crippen LogP contribution in [0.25, 0.3) is 0 Å². The predicted octanol–water partition coefficient (Wildman–Crippen LogP) is 4.67. The smallest absolute Gasteiger partial charge is 0.0624 e. The van der Waals surface area contributed by atoms with Gasteiger partial charge in [0.1, 0.15) is 0 Å². The Balaban J connectivity index is 1.67. The van der Waals surface area contributed by atoms with Gasteiger partial charge in [0.25, 0.3) is 0 Å². The van der Waals surface area contributed by atoms with Crippen molar-refractivity contribution in [2.24, 2.45) is 11.7 Å². The fraction of sp³-hybridized carbons (Fsp3) is 0.294. The van der Waals surface area contributed by atoms with Gasteiger partial charge in [-0.25, -0.2) is 0 Å². The third-order valence-corrected chi connectivity index (χ3v) is 4.96. The first-order chi connectivity index (χ1) is 9.66. The first-order valence-electron chi connectivity index (χ1n) is 6.90. The molecule has 1 aliphatic rings. The molecule has 0 aliphatic heterocycles. The van der Waals surface area contributed by atoms with Crippen LogP contribution in [0.15, 0.2) is 48.5 Å². The summed E-state index contributed by atoms with van der Waals surface area (Å²) in [6.07, 6.45) is 1.96. The summed E-state index contributed by atoms with van der Waals surface area (Å²) in [6.45, 7) is 0. The van der Waals surface area contributed by atoms with Crippen molar-refractivity contribution in [3.63, 3.8) is 0 Å². The summed E-state index contributed by atoms with van der Waals surface area (Å²) in [5.74, 6) is 1.15. The maximum Gasteiger partial charge on any atom is 0.0624 e. The Bertz CT molecular complexity index is 597. The van der Waals surface area contributed by atoms with Crippen molar-refractivity contribution >= 4 is 23.2 Å². The molecule has 2 aromatic carbocycles. The first kappa shape index (κ1) is 13.9. The van der Waals surface area contributed by atoms with E-state index >= 15 is 0 Å². The molecule has 0 saturated heterocycles. The van der Waals surface area contributed by atoms with Gasteiger partial charge in [0.05, 0.1) is 10.0 Å². The van der Waals surface area contributed by atoms with Crippen LogP contribution in [0.3, 0.4) is 0 Å². The summed E-state index contributed by atoms with van der Waals surface area (Å²) in [7, 11) is 0. The quantitative estimate of drug-likeness (QED) is 0.873. The van der Waals surface area contributed by atoms with Gasteiger partial charge < -0.3 is 5.73 Å². The number of hydrogen-bond donors (Lipinski definition) is 1. The van der Waals surface area contributed by atoms with Gasteiger partial charge in [-0.05, 0) is 41.9 Å². The molecule has 1 aliphatic carbocycles. The highest BCUT2D eigenvalue weighted by Crippen LogP contribution is 2.49. The molecule has 0 heterocycles. The Morgan fingerprint density at radius 2 is 1.80 bits per heavy atom. The van der Waals surface area contributed by atoms with E-state index in [4.69, 9.17) is 28.9 Å². The highest BCUT2D eigenvalue weighted by Gasteiger charge is 2.42. The number of rotatable bonds is 4. The molecule has 1 fully saturated rings. The van der Waals surface area contributed by atoms with Crippen LogP contribution < -0.4 is 5.73 Å². The molecule has 20 heavy (non-hydrogen) atoms. The molecule has 1 saturated carbocycles. The largest absolute Gasteiger partial charge is 0.327 e. The topological polar surface area (TPSA) is 26.0 Å². The van der Waals surface area contributed by atoms with E-state index in [0.717, 1.165) is 12.0 Å². The zero-order chi connectivity index (χ0) is 14.1. The second-order valence-electron chi connectivity index (χ2n) is 5.50. The summed E-state index contributed by atoms with van der Waals surface area (Å²) in [4.78, 5) is 0. The average molecular weight is 306 g/mol. The van der Waals surface area contributed by atoms with Crippen LogP contribution in [0.4, 0.5) is 0 Å². The van der Waals surface area contributed by atoms with Gasteiger partial charge in [0.15, 0.2) is 0 Å². The molecule has 3 unspecified atom stereocenters. The Morgan fingerprint density at radius 1 is 1.05 bits per heavy atom. The Kier molecular flexibility index (Phi) is 4.02. The third kappa shape index (κ3) is 2.85. The molecule has 0 bridgehead atoms. The van der Waals surface area contributed by atoms with Crippen molar-refractivity contribution in [2.45, 2.75) is 24.8 Å². The lowest BCUT2D eigenvalue weighted by atomic mass is 9.99. The Labute approximate surface area is 129 Å². The number of halogens is 2.